The number of rotatable bonds is 5. The maximum atomic E-state index is 15.4. The van der Waals surface area contributed by atoms with Crippen molar-refractivity contribution >= 4 is 23.2 Å². The Hall–Kier alpha value is -5.14. The second kappa shape index (κ2) is 10.4. The van der Waals surface area contributed by atoms with Crippen LogP contribution < -0.4 is 22.9 Å². The van der Waals surface area contributed by atoms with Crippen molar-refractivity contribution in [1.82, 2.24) is 0 Å². The second-order valence-corrected chi connectivity index (χ2v) is 9.09. The van der Waals surface area contributed by atoms with Crippen molar-refractivity contribution in [1.29, 1.82) is 0 Å². The molecule has 0 aliphatic carbocycles. The van der Waals surface area contributed by atoms with Gasteiger partial charge in [0, 0.05) is 33.6 Å². The molecule has 0 spiro atoms. The van der Waals surface area contributed by atoms with E-state index in [1.165, 1.54) is 12.1 Å². The van der Waals surface area contributed by atoms with Gasteiger partial charge in [-0.05, 0) is 82.9 Å². The van der Waals surface area contributed by atoms with Crippen LogP contribution in [0.3, 0.4) is 0 Å². The van der Waals surface area contributed by atoms with E-state index in [4.69, 9.17) is 22.9 Å². The van der Waals surface area contributed by atoms with Crippen molar-refractivity contribution in [2.24, 2.45) is 11.5 Å². The first-order valence-corrected chi connectivity index (χ1v) is 11.6. The fourth-order valence-corrected chi connectivity index (χ4v) is 4.47. The number of nitrogens with two attached hydrogens (primary N) is 4. The average molecular weight is 594 g/mol. The highest BCUT2D eigenvalue weighted by Crippen LogP contribution is 2.47. The molecule has 2 amide bonds. The number of halogens is 8. The van der Waals surface area contributed by atoms with Crippen LogP contribution in [0.2, 0.25) is 0 Å². The number of primary amides is 2. The van der Waals surface area contributed by atoms with Gasteiger partial charge in [-0.15, -0.1) is 0 Å². The molecule has 42 heavy (non-hydrogen) atoms. The second-order valence-electron chi connectivity index (χ2n) is 9.09. The fourth-order valence-electron chi connectivity index (χ4n) is 4.47. The Bertz CT molecular complexity index is 1640. The van der Waals surface area contributed by atoms with E-state index in [2.05, 4.69) is 0 Å². The van der Waals surface area contributed by atoms with Crippen molar-refractivity contribution in [2.75, 3.05) is 11.5 Å². The zero-order chi connectivity index (χ0) is 31.3. The summed E-state index contributed by atoms with van der Waals surface area (Å²) in [7, 11) is 0. The van der Waals surface area contributed by atoms with Gasteiger partial charge in [0.15, 0.2) is 0 Å². The van der Waals surface area contributed by atoms with E-state index < -0.39 is 91.4 Å². The van der Waals surface area contributed by atoms with Gasteiger partial charge in [-0.25, -0.2) is 8.78 Å². The highest BCUT2D eigenvalue weighted by atomic mass is 19.4. The summed E-state index contributed by atoms with van der Waals surface area (Å²) in [6, 6.07) is 7.04. The first kappa shape index (κ1) is 29.8. The van der Waals surface area contributed by atoms with Crippen LogP contribution in [0.5, 0.6) is 0 Å². The van der Waals surface area contributed by atoms with Gasteiger partial charge in [0.1, 0.15) is 11.6 Å². The zero-order valence-electron chi connectivity index (χ0n) is 20.9. The van der Waals surface area contributed by atoms with Crippen LogP contribution in [-0.4, -0.2) is 11.8 Å². The molecule has 0 bridgehead atoms. The van der Waals surface area contributed by atoms with Crippen molar-refractivity contribution in [3.05, 3.63) is 94.6 Å². The summed E-state index contributed by atoms with van der Waals surface area (Å²) in [5, 5.41) is 0. The van der Waals surface area contributed by atoms with E-state index in [0.29, 0.717) is 0 Å². The molecule has 0 radical (unpaired) electrons. The average Bonchev–Trinajstić information content (AvgIpc) is 2.86. The molecule has 0 saturated carbocycles. The van der Waals surface area contributed by atoms with Crippen LogP contribution in [0.4, 0.5) is 46.5 Å². The molecular weight excluding hydrogens is 576 g/mol. The minimum atomic E-state index is -5.39. The summed E-state index contributed by atoms with van der Waals surface area (Å²) in [5.41, 5.74) is 12.0. The standard InChI is InChI=1S/C28H18F8N4O2/c29-23-9-17(21(27(31,32)33)7-19(23)15-5-11(37)1-3-13(15)25(39)41)18-10-24(30)20(8-22(18)28(34,35)36)16-6-12(38)2-4-14(16)26(40)42/h1-10H,37-38H2,(H2,39,41)(H2,40,42). The van der Waals surface area contributed by atoms with E-state index in [-0.39, 0.29) is 35.6 Å². The third-order valence-electron chi connectivity index (χ3n) is 6.31. The Morgan fingerprint density at radius 1 is 0.500 bits per heavy atom. The lowest BCUT2D eigenvalue weighted by molar-refractivity contribution is -0.139. The highest BCUT2D eigenvalue weighted by Gasteiger charge is 2.40. The van der Waals surface area contributed by atoms with Gasteiger partial charge in [0.2, 0.25) is 11.8 Å². The Labute approximate surface area is 231 Å². The molecule has 4 aromatic carbocycles. The van der Waals surface area contributed by atoms with Crippen molar-refractivity contribution in [2.45, 2.75) is 12.4 Å². The van der Waals surface area contributed by atoms with Crippen LogP contribution >= 0.6 is 0 Å². The smallest absolute Gasteiger partial charge is 0.399 e. The monoisotopic (exact) mass is 594 g/mol. The van der Waals surface area contributed by atoms with Crippen LogP contribution in [-0.2, 0) is 12.4 Å². The molecule has 8 N–H and O–H groups in total. The van der Waals surface area contributed by atoms with E-state index >= 15 is 8.78 Å². The van der Waals surface area contributed by atoms with Crippen LogP contribution in [0.15, 0.2) is 60.7 Å². The molecule has 0 unspecified atom stereocenters. The predicted molar refractivity (Wildman–Crippen MR) is 139 cm³/mol. The van der Waals surface area contributed by atoms with Crippen LogP contribution in [0, 0.1) is 11.6 Å². The molecule has 6 nitrogen and oxygen atoms in total. The molecule has 0 aliphatic heterocycles. The molecule has 4 aromatic rings. The van der Waals surface area contributed by atoms with Gasteiger partial charge in [-0.1, -0.05) is 0 Å². The molecule has 0 heterocycles. The number of hydrogen-bond donors (Lipinski definition) is 4. The summed E-state index contributed by atoms with van der Waals surface area (Å²) in [4.78, 5) is 23.7. The molecular formula is C28H18F8N4O2. The predicted octanol–water partition coefficient (Wildman–Crippen LogP) is 6.37. The molecule has 0 aliphatic rings. The van der Waals surface area contributed by atoms with Crippen molar-refractivity contribution in [3.8, 4) is 33.4 Å². The van der Waals surface area contributed by atoms with Gasteiger partial charge in [0.05, 0.1) is 11.1 Å². The number of amides is 2. The first-order valence-electron chi connectivity index (χ1n) is 11.6. The van der Waals surface area contributed by atoms with Crippen LogP contribution in [0.25, 0.3) is 33.4 Å². The topological polar surface area (TPSA) is 138 Å². The lowest BCUT2D eigenvalue weighted by atomic mass is 9.87. The third kappa shape index (κ3) is 5.55. The van der Waals surface area contributed by atoms with E-state index in [1.54, 1.807) is 0 Å². The number of benzene rings is 4. The van der Waals surface area contributed by atoms with Gasteiger partial charge >= 0.3 is 12.4 Å². The molecule has 14 heteroatoms. The van der Waals surface area contributed by atoms with E-state index in [1.807, 2.05) is 0 Å². The number of anilines is 2. The van der Waals surface area contributed by atoms with E-state index in [9.17, 15) is 35.9 Å². The summed E-state index contributed by atoms with van der Waals surface area (Å²) in [5.74, 6) is -5.27. The molecule has 0 atom stereocenters. The fraction of sp³-hybridized carbons (Fsp3) is 0.0714. The highest BCUT2D eigenvalue weighted by molar-refractivity contribution is 6.02. The van der Waals surface area contributed by atoms with Crippen molar-refractivity contribution < 1.29 is 44.7 Å². The minimum absolute atomic E-state index is 0.0825. The minimum Gasteiger partial charge on any atom is -0.399 e. The van der Waals surface area contributed by atoms with Gasteiger partial charge < -0.3 is 22.9 Å². The summed E-state index contributed by atoms with van der Waals surface area (Å²) < 4.78 is 117. The summed E-state index contributed by atoms with van der Waals surface area (Å²) in [6.45, 7) is 0. The number of carbonyl (C=O) groups is 2. The maximum Gasteiger partial charge on any atom is 0.417 e. The molecule has 0 fully saturated rings. The summed E-state index contributed by atoms with van der Waals surface area (Å²) >= 11 is 0. The Balaban J connectivity index is 2.08. The van der Waals surface area contributed by atoms with E-state index in [0.717, 1.165) is 24.3 Å². The van der Waals surface area contributed by atoms with Crippen LogP contribution in [0.1, 0.15) is 31.8 Å². The molecule has 218 valence electrons. The van der Waals surface area contributed by atoms with Crippen molar-refractivity contribution in [3.63, 3.8) is 0 Å². The lowest BCUT2D eigenvalue weighted by Crippen LogP contribution is -2.15. The number of alkyl halides is 6. The molecule has 0 saturated heterocycles. The van der Waals surface area contributed by atoms with Gasteiger partial charge in [-0.3, -0.25) is 9.59 Å². The number of nitrogen functional groups attached to an aromatic ring is 2. The third-order valence-corrected chi connectivity index (χ3v) is 6.31. The Morgan fingerprint density at radius 3 is 1.12 bits per heavy atom. The molecule has 0 aromatic heterocycles. The largest absolute Gasteiger partial charge is 0.417 e. The summed E-state index contributed by atoms with van der Waals surface area (Å²) in [6.07, 6.45) is -10.8. The number of hydrogen-bond acceptors (Lipinski definition) is 4. The number of carbonyl (C=O) groups excluding carboxylic acids is 2. The van der Waals surface area contributed by atoms with Gasteiger partial charge in [-0.2, -0.15) is 26.3 Å². The SMILES string of the molecule is NC(=O)c1ccc(N)cc1-c1cc(C(F)(F)F)c(-c2cc(F)c(-c3cc(N)ccc3C(N)=O)cc2C(F)(F)F)cc1F. The normalized spacial score (nSPS) is 11.9. The quantitative estimate of drug-likeness (QED) is 0.158. The maximum absolute atomic E-state index is 15.4. The first-order chi connectivity index (χ1) is 19.4. The zero-order valence-corrected chi connectivity index (χ0v) is 20.9. The Morgan fingerprint density at radius 2 is 0.833 bits per heavy atom. The Kier molecular flexibility index (Phi) is 7.36. The van der Waals surface area contributed by atoms with Gasteiger partial charge in [0.25, 0.3) is 0 Å². The lowest BCUT2D eigenvalue weighted by Gasteiger charge is -2.21. The molecule has 4 rings (SSSR count).